The van der Waals surface area contributed by atoms with Gasteiger partial charge in [-0.3, -0.25) is 0 Å². The van der Waals surface area contributed by atoms with Gasteiger partial charge in [-0.1, -0.05) is 0 Å². The van der Waals surface area contributed by atoms with Gasteiger partial charge < -0.3 is 10.0 Å². The van der Waals surface area contributed by atoms with E-state index in [1.165, 1.54) is 12.1 Å². The topological polar surface area (TPSA) is 107 Å². The van der Waals surface area contributed by atoms with E-state index in [9.17, 15) is 14.2 Å². The second-order valence-corrected chi connectivity index (χ2v) is 5.46. The largest absolute Gasteiger partial charge is 0.702 e. The zero-order valence-corrected chi connectivity index (χ0v) is 11.5. The van der Waals surface area contributed by atoms with Crippen LogP contribution in [0.2, 0.25) is 0 Å². The Kier molecular flexibility index (Phi) is 4.87. The average molecular weight is 293 g/mol. The van der Waals surface area contributed by atoms with E-state index in [1.54, 1.807) is 31.1 Å². The Balaban J connectivity index is 3.14. The van der Waals surface area contributed by atoms with Gasteiger partial charge in [0.15, 0.2) is 0 Å². The quantitative estimate of drug-likeness (QED) is 0.554. The first-order valence-electron chi connectivity index (χ1n) is 4.79. The molecular weight excluding hydrogens is 280 g/mol. The molecule has 0 amide bonds. The van der Waals surface area contributed by atoms with Crippen molar-refractivity contribution in [3.05, 3.63) is 29.8 Å². The van der Waals surface area contributed by atoms with Crippen molar-refractivity contribution < 1.29 is 28.5 Å². The first-order chi connectivity index (χ1) is 8.27. The highest BCUT2D eigenvalue weighted by Gasteiger charge is 2.59. The minimum absolute atomic E-state index is 0.0749. The normalized spacial score (nSPS) is 15.8. The van der Waals surface area contributed by atoms with Gasteiger partial charge in [0.1, 0.15) is 0 Å². The Bertz CT molecular complexity index is 463. The lowest BCUT2D eigenvalue weighted by molar-refractivity contribution is -0.0741. The molecule has 18 heavy (non-hydrogen) atoms. The predicted molar refractivity (Wildman–Crippen MR) is 65.4 cm³/mol. The lowest BCUT2D eigenvalue weighted by atomic mass is 10.2. The number of aliphatic hydroxyl groups is 1. The highest BCUT2D eigenvalue weighted by molar-refractivity contribution is 7.40. The molecule has 0 heterocycles. The van der Waals surface area contributed by atoms with E-state index in [2.05, 4.69) is 4.52 Å². The minimum atomic E-state index is -3.25. The van der Waals surface area contributed by atoms with Gasteiger partial charge in [0, 0.05) is 24.3 Å². The second kappa shape index (κ2) is 5.80. The van der Waals surface area contributed by atoms with Crippen LogP contribution < -0.4 is 4.90 Å². The Morgan fingerprint density at radius 3 is 2.00 bits per heavy atom. The molecule has 0 aliphatic rings. The Morgan fingerprint density at radius 2 is 1.67 bits per heavy atom. The molecule has 0 spiro atoms. The smallest absolute Gasteiger partial charge is 0.378 e. The van der Waals surface area contributed by atoms with Crippen molar-refractivity contribution in [1.82, 2.24) is 0 Å². The molecule has 0 aliphatic heterocycles. The van der Waals surface area contributed by atoms with Crippen molar-refractivity contribution in [2.75, 3.05) is 19.0 Å². The third kappa shape index (κ3) is 3.29. The fraction of sp³-hybridized carbons (Fsp3) is 0.333. The van der Waals surface area contributed by atoms with Crippen molar-refractivity contribution in [1.29, 1.82) is 0 Å². The monoisotopic (exact) mass is 293 g/mol. The van der Waals surface area contributed by atoms with Crippen LogP contribution in [0, 0.1) is 0 Å². The van der Waals surface area contributed by atoms with Gasteiger partial charge in [-0.05, 0) is 33.4 Å². The molecule has 0 fully saturated rings. The third-order valence-electron chi connectivity index (χ3n) is 2.22. The van der Waals surface area contributed by atoms with Crippen LogP contribution in [0.4, 0.5) is 5.69 Å². The first-order valence-corrected chi connectivity index (χ1v) is 7.13. The number of hydrogen-bond acceptors (Lipinski definition) is 5. The standard InChI is InChI=1S/C9H11NO6P2/c1-10(2)8-5-3-7(4-6-8)9(11,17(12)13)16-18(14)15/h3-6,11H,1-2H3/p+2. The zero-order chi connectivity index (χ0) is 13.9. The predicted octanol–water partition coefficient (Wildman–Crippen LogP) is 1.26. The van der Waals surface area contributed by atoms with E-state index in [0.29, 0.717) is 0 Å². The molecule has 98 valence electrons. The number of hydrogen-bond donors (Lipinski definition) is 3. The van der Waals surface area contributed by atoms with E-state index in [1.807, 2.05) is 0 Å². The lowest BCUT2D eigenvalue weighted by Crippen LogP contribution is -2.22. The van der Waals surface area contributed by atoms with Crippen molar-refractivity contribution in [3.8, 4) is 0 Å². The molecule has 0 saturated heterocycles. The summed E-state index contributed by atoms with van der Waals surface area (Å²) >= 11 is 0. The van der Waals surface area contributed by atoms with Crippen molar-refractivity contribution in [2.45, 2.75) is 5.53 Å². The van der Waals surface area contributed by atoms with Gasteiger partial charge in [-0.2, -0.15) is 4.89 Å². The fourth-order valence-electron chi connectivity index (χ4n) is 1.28. The van der Waals surface area contributed by atoms with Gasteiger partial charge in [0.2, 0.25) is 0 Å². The van der Waals surface area contributed by atoms with Crippen molar-refractivity contribution in [3.63, 3.8) is 0 Å². The SMILES string of the molecule is CN(C)c1ccc(C(O)(O[P+](=O)O)[P+](=O)O)cc1. The molecule has 0 saturated carbocycles. The Labute approximate surface area is 105 Å². The van der Waals surface area contributed by atoms with E-state index in [0.717, 1.165) is 5.69 Å². The van der Waals surface area contributed by atoms with Gasteiger partial charge >= 0.3 is 21.8 Å². The van der Waals surface area contributed by atoms with Crippen LogP contribution >= 0.6 is 16.3 Å². The van der Waals surface area contributed by atoms with Crippen LogP contribution in [0.3, 0.4) is 0 Å². The molecule has 0 aliphatic carbocycles. The molecule has 3 unspecified atom stereocenters. The Morgan fingerprint density at radius 1 is 1.17 bits per heavy atom. The summed E-state index contributed by atoms with van der Waals surface area (Å²) in [6.07, 6.45) is 0. The summed E-state index contributed by atoms with van der Waals surface area (Å²) < 4.78 is 25.9. The van der Waals surface area contributed by atoms with Gasteiger partial charge in [0.05, 0.1) is 5.56 Å². The highest BCUT2D eigenvalue weighted by atomic mass is 31.1. The summed E-state index contributed by atoms with van der Waals surface area (Å²) in [4.78, 5) is 19.4. The van der Waals surface area contributed by atoms with Crippen LogP contribution in [0.5, 0.6) is 0 Å². The maximum absolute atomic E-state index is 11.1. The molecule has 3 atom stereocenters. The molecule has 3 N–H and O–H groups in total. The van der Waals surface area contributed by atoms with Gasteiger partial charge in [-0.15, -0.1) is 4.89 Å². The van der Waals surface area contributed by atoms with Crippen LogP contribution in [-0.2, 0) is 19.2 Å². The molecule has 1 rings (SSSR count). The van der Waals surface area contributed by atoms with E-state index in [4.69, 9.17) is 9.79 Å². The molecule has 1 aromatic carbocycles. The summed E-state index contributed by atoms with van der Waals surface area (Å²) in [6.45, 7) is 0. The molecule has 1 aromatic rings. The summed E-state index contributed by atoms with van der Waals surface area (Å²) in [5, 5.41) is 9.85. The summed E-state index contributed by atoms with van der Waals surface area (Å²) in [5.74, 6) is 0. The van der Waals surface area contributed by atoms with Gasteiger partial charge in [-0.25, -0.2) is 0 Å². The van der Waals surface area contributed by atoms with Crippen molar-refractivity contribution in [2.24, 2.45) is 0 Å². The molecule has 9 heteroatoms. The summed E-state index contributed by atoms with van der Waals surface area (Å²) in [6, 6.07) is 5.84. The molecule has 0 radical (unpaired) electrons. The fourth-order valence-corrected chi connectivity index (χ4v) is 2.47. The average Bonchev–Trinajstić information content (AvgIpc) is 2.27. The molecular formula is C9H13NO6P2+2. The lowest BCUT2D eigenvalue weighted by Gasteiger charge is -2.14. The molecule has 0 aromatic heterocycles. The van der Waals surface area contributed by atoms with Crippen LogP contribution in [0.15, 0.2) is 24.3 Å². The Hall–Kier alpha value is -0.940. The summed E-state index contributed by atoms with van der Waals surface area (Å²) in [5.41, 5.74) is -1.97. The maximum Gasteiger partial charge on any atom is 0.702 e. The minimum Gasteiger partial charge on any atom is -0.378 e. The van der Waals surface area contributed by atoms with E-state index < -0.39 is 21.8 Å². The number of nitrogens with zero attached hydrogens (tertiary/aromatic N) is 1. The third-order valence-corrected chi connectivity index (χ3v) is 3.66. The van der Waals surface area contributed by atoms with Crippen LogP contribution in [-0.4, -0.2) is 29.0 Å². The highest BCUT2D eigenvalue weighted by Crippen LogP contribution is 2.48. The number of rotatable bonds is 5. The second-order valence-electron chi connectivity index (χ2n) is 3.65. The molecule has 7 nitrogen and oxygen atoms in total. The molecule has 0 bridgehead atoms. The van der Waals surface area contributed by atoms with Gasteiger partial charge in [0.25, 0.3) is 0 Å². The summed E-state index contributed by atoms with van der Waals surface area (Å²) in [7, 11) is -2.87. The van der Waals surface area contributed by atoms with Crippen molar-refractivity contribution >= 4 is 22.0 Å². The van der Waals surface area contributed by atoms with Crippen LogP contribution in [0.25, 0.3) is 0 Å². The van der Waals surface area contributed by atoms with Crippen LogP contribution in [0.1, 0.15) is 5.56 Å². The first kappa shape index (κ1) is 15.1. The van der Waals surface area contributed by atoms with E-state index in [-0.39, 0.29) is 5.56 Å². The zero-order valence-electron chi connectivity index (χ0n) is 9.72. The number of anilines is 1. The number of benzene rings is 1. The maximum atomic E-state index is 11.1. The van der Waals surface area contributed by atoms with E-state index >= 15 is 0 Å².